The van der Waals surface area contributed by atoms with E-state index >= 15 is 0 Å². The zero-order valence-electron chi connectivity index (χ0n) is 10.2. The molecular formula is C15H11BrFIO. The van der Waals surface area contributed by atoms with E-state index in [9.17, 15) is 9.18 Å². The van der Waals surface area contributed by atoms with E-state index in [4.69, 9.17) is 0 Å². The van der Waals surface area contributed by atoms with Crippen LogP contribution in [0.4, 0.5) is 4.39 Å². The van der Waals surface area contributed by atoms with Crippen LogP contribution in [-0.4, -0.2) is 5.78 Å². The predicted octanol–water partition coefficient (Wildman–Crippen LogP) is 4.93. The SMILES string of the molecule is Cc1cccc(C(=O)Cc2cc(Br)ccc2F)c1I. The lowest BCUT2D eigenvalue weighted by atomic mass is 10.0. The van der Waals surface area contributed by atoms with Gasteiger partial charge in [-0.25, -0.2) is 4.39 Å². The average Bonchev–Trinajstić information content (AvgIpc) is 2.37. The zero-order valence-corrected chi connectivity index (χ0v) is 14.0. The molecule has 0 fully saturated rings. The lowest BCUT2D eigenvalue weighted by Crippen LogP contribution is -2.08. The average molecular weight is 433 g/mol. The van der Waals surface area contributed by atoms with Crippen LogP contribution in [0.15, 0.2) is 40.9 Å². The first-order valence-corrected chi connectivity index (χ1v) is 7.58. The molecule has 0 spiro atoms. The minimum atomic E-state index is -0.348. The van der Waals surface area contributed by atoms with Crippen molar-refractivity contribution in [2.24, 2.45) is 0 Å². The maximum absolute atomic E-state index is 13.7. The third-order valence-electron chi connectivity index (χ3n) is 2.85. The summed E-state index contributed by atoms with van der Waals surface area (Å²) < 4.78 is 15.4. The van der Waals surface area contributed by atoms with Crippen molar-refractivity contribution in [3.8, 4) is 0 Å². The van der Waals surface area contributed by atoms with Crippen LogP contribution in [0.5, 0.6) is 0 Å². The van der Waals surface area contributed by atoms with Gasteiger partial charge in [0.1, 0.15) is 5.82 Å². The van der Waals surface area contributed by atoms with Crippen LogP contribution in [0.3, 0.4) is 0 Å². The molecule has 0 aliphatic heterocycles. The highest BCUT2D eigenvalue weighted by Crippen LogP contribution is 2.21. The van der Waals surface area contributed by atoms with E-state index < -0.39 is 0 Å². The molecule has 0 saturated heterocycles. The second kappa shape index (κ2) is 6.13. The molecule has 0 radical (unpaired) electrons. The number of hydrogen-bond acceptors (Lipinski definition) is 1. The Kier molecular flexibility index (Phi) is 4.73. The van der Waals surface area contributed by atoms with Gasteiger partial charge in [0, 0.05) is 20.0 Å². The van der Waals surface area contributed by atoms with E-state index in [1.54, 1.807) is 18.2 Å². The van der Waals surface area contributed by atoms with Crippen LogP contribution in [0.2, 0.25) is 0 Å². The molecule has 0 unspecified atom stereocenters. The summed E-state index contributed by atoms with van der Waals surface area (Å²) in [6.07, 6.45) is 0.0741. The summed E-state index contributed by atoms with van der Waals surface area (Å²) in [5.41, 5.74) is 2.12. The summed E-state index contributed by atoms with van der Waals surface area (Å²) in [7, 11) is 0. The van der Waals surface area contributed by atoms with Crippen LogP contribution >= 0.6 is 38.5 Å². The highest BCUT2D eigenvalue weighted by molar-refractivity contribution is 14.1. The van der Waals surface area contributed by atoms with Gasteiger partial charge < -0.3 is 0 Å². The molecule has 0 aromatic heterocycles. The fourth-order valence-corrected chi connectivity index (χ4v) is 2.88. The first-order valence-electron chi connectivity index (χ1n) is 5.71. The Bertz CT molecular complexity index is 640. The Morgan fingerprint density at radius 3 is 2.79 bits per heavy atom. The lowest BCUT2D eigenvalue weighted by molar-refractivity contribution is 0.0991. The molecule has 0 amide bonds. The number of halogens is 3. The number of hydrogen-bond donors (Lipinski definition) is 0. The minimum Gasteiger partial charge on any atom is -0.294 e. The van der Waals surface area contributed by atoms with Gasteiger partial charge in [-0.05, 0) is 58.8 Å². The Morgan fingerprint density at radius 1 is 1.32 bits per heavy atom. The maximum atomic E-state index is 13.7. The quantitative estimate of drug-likeness (QED) is 0.496. The van der Waals surface area contributed by atoms with E-state index in [1.165, 1.54) is 6.07 Å². The first kappa shape index (κ1) is 14.7. The van der Waals surface area contributed by atoms with Gasteiger partial charge in [-0.15, -0.1) is 0 Å². The summed E-state index contributed by atoms with van der Waals surface area (Å²) in [5.74, 6) is -0.413. The fraction of sp³-hybridized carbons (Fsp3) is 0.133. The minimum absolute atomic E-state index is 0.0647. The molecule has 0 atom stereocenters. The number of carbonyl (C=O) groups excluding carboxylic acids is 1. The smallest absolute Gasteiger partial charge is 0.168 e. The Hall–Kier alpha value is -0.750. The number of rotatable bonds is 3. The summed E-state index contributed by atoms with van der Waals surface area (Å²) in [4.78, 5) is 12.3. The molecule has 1 nitrogen and oxygen atoms in total. The van der Waals surface area contributed by atoms with Gasteiger partial charge in [-0.1, -0.05) is 34.1 Å². The number of benzene rings is 2. The second-order valence-corrected chi connectivity index (χ2v) is 6.27. The lowest BCUT2D eigenvalue weighted by Gasteiger charge is -2.07. The van der Waals surface area contributed by atoms with E-state index in [-0.39, 0.29) is 18.0 Å². The van der Waals surface area contributed by atoms with Crippen LogP contribution in [-0.2, 0) is 6.42 Å². The molecule has 0 bridgehead atoms. The van der Waals surface area contributed by atoms with Crippen molar-refractivity contribution < 1.29 is 9.18 Å². The largest absolute Gasteiger partial charge is 0.294 e. The van der Waals surface area contributed by atoms with Gasteiger partial charge in [-0.3, -0.25) is 4.79 Å². The van der Waals surface area contributed by atoms with Crippen molar-refractivity contribution in [3.05, 3.63) is 66.9 Å². The maximum Gasteiger partial charge on any atom is 0.168 e. The standard InChI is InChI=1S/C15H11BrFIO/c1-9-3-2-4-12(15(9)18)14(19)8-10-7-11(16)5-6-13(10)17/h2-7H,8H2,1H3. The van der Waals surface area contributed by atoms with Gasteiger partial charge in [0.05, 0.1) is 0 Å². The normalized spacial score (nSPS) is 10.5. The van der Waals surface area contributed by atoms with Crippen molar-refractivity contribution >= 4 is 44.3 Å². The molecule has 2 rings (SSSR count). The van der Waals surface area contributed by atoms with Crippen molar-refractivity contribution in [3.63, 3.8) is 0 Å². The molecule has 4 heteroatoms. The molecule has 98 valence electrons. The second-order valence-electron chi connectivity index (χ2n) is 4.27. The highest BCUT2D eigenvalue weighted by atomic mass is 127. The van der Waals surface area contributed by atoms with Gasteiger partial charge in [0.2, 0.25) is 0 Å². The van der Waals surface area contributed by atoms with Gasteiger partial charge in [0.25, 0.3) is 0 Å². The molecule has 2 aromatic rings. The van der Waals surface area contributed by atoms with Crippen molar-refractivity contribution in [2.75, 3.05) is 0 Å². The molecule has 0 aliphatic rings. The Morgan fingerprint density at radius 2 is 2.05 bits per heavy atom. The molecule has 2 aromatic carbocycles. The number of Topliss-reactive ketones (excluding diaryl/α,β-unsaturated/α-hetero) is 1. The Labute approximate surface area is 133 Å². The highest BCUT2D eigenvalue weighted by Gasteiger charge is 2.14. The van der Waals surface area contributed by atoms with Crippen LogP contribution in [0.25, 0.3) is 0 Å². The number of carbonyl (C=O) groups is 1. The number of ketones is 1. The van der Waals surface area contributed by atoms with Crippen molar-refractivity contribution in [1.29, 1.82) is 0 Å². The summed E-state index contributed by atoms with van der Waals surface area (Å²) >= 11 is 5.44. The van der Waals surface area contributed by atoms with Crippen LogP contribution in [0.1, 0.15) is 21.5 Å². The molecular weight excluding hydrogens is 422 g/mol. The Balaban J connectivity index is 2.31. The monoisotopic (exact) mass is 432 g/mol. The molecule has 0 aliphatic carbocycles. The van der Waals surface area contributed by atoms with Crippen LogP contribution < -0.4 is 0 Å². The van der Waals surface area contributed by atoms with Gasteiger partial charge >= 0.3 is 0 Å². The molecule has 0 N–H and O–H groups in total. The molecule has 19 heavy (non-hydrogen) atoms. The van der Waals surface area contributed by atoms with Crippen molar-refractivity contribution in [2.45, 2.75) is 13.3 Å². The molecule has 0 saturated carbocycles. The number of aryl methyl sites for hydroxylation is 1. The predicted molar refractivity (Wildman–Crippen MR) is 86.0 cm³/mol. The molecule has 0 heterocycles. The fourth-order valence-electron chi connectivity index (χ4n) is 1.81. The topological polar surface area (TPSA) is 17.1 Å². The zero-order chi connectivity index (χ0) is 14.0. The van der Waals surface area contributed by atoms with E-state index in [2.05, 4.69) is 38.5 Å². The van der Waals surface area contributed by atoms with Gasteiger partial charge in [0.15, 0.2) is 5.78 Å². The summed E-state index contributed by atoms with van der Waals surface area (Å²) in [5, 5.41) is 0. The van der Waals surface area contributed by atoms with Gasteiger partial charge in [-0.2, -0.15) is 0 Å². The van der Waals surface area contributed by atoms with E-state index in [0.29, 0.717) is 11.1 Å². The third kappa shape index (κ3) is 3.42. The summed E-state index contributed by atoms with van der Waals surface area (Å²) in [6.45, 7) is 1.96. The van der Waals surface area contributed by atoms with Crippen LogP contribution in [0, 0.1) is 16.3 Å². The van der Waals surface area contributed by atoms with E-state index in [0.717, 1.165) is 13.6 Å². The first-order chi connectivity index (χ1) is 8.99. The third-order valence-corrected chi connectivity index (χ3v) is 4.78. The summed E-state index contributed by atoms with van der Waals surface area (Å²) in [6, 6.07) is 10.2. The van der Waals surface area contributed by atoms with E-state index in [1.807, 2.05) is 19.1 Å². The van der Waals surface area contributed by atoms with Crippen molar-refractivity contribution in [1.82, 2.24) is 0 Å².